The van der Waals surface area contributed by atoms with Crippen molar-refractivity contribution in [2.45, 2.75) is 20.3 Å². The molecule has 0 spiro atoms. The lowest BCUT2D eigenvalue weighted by Crippen LogP contribution is -2.09. The first-order valence-corrected chi connectivity index (χ1v) is 5.18. The Bertz CT molecular complexity index is 365. The number of rotatable bonds is 1. The van der Waals surface area contributed by atoms with E-state index in [1.54, 1.807) is 0 Å². The van der Waals surface area contributed by atoms with Gasteiger partial charge >= 0.3 is 5.97 Å². The van der Waals surface area contributed by atoms with Gasteiger partial charge in [-0.2, -0.15) is 0 Å². The van der Waals surface area contributed by atoms with Gasteiger partial charge in [-0.1, -0.05) is 19.1 Å². The highest BCUT2D eigenvalue weighted by Gasteiger charge is 2.42. The topological polar surface area (TPSA) is 43.4 Å². The molecule has 0 aromatic heterocycles. The summed E-state index contributed by atoms with van der Waals surface area (Å²) >= 11 is 0. The van der Waals surface area contributed by atoms with E-state index in [-0.39, 0.29) is 17.8 Å². The van der Waals surface area contributed by atoms with Crippen LogP contribution in [0, 0.1) is 17.8 Å². The summed E-state index contributed by atoms with van der Waals surface area (Å²) in [5.74, 6) is 0.625. The first-order valence-electron chi connectivity index (χ1n) is 5.18. The Balaban J connectivity index is 2.13. The second-order valence-corrected chi connectivity index (χ2v) is 4.23. The maximum Gasteiger partial charge on any atom is 0.307 e. The number of hydrogen-bond acceptors (Lipinski definition) is 3. The molecule has 3 nitrogen and oxygen atoms in total. The van der Waals surface area contributed by atoms with Crippen molar-refractivity contribution >= 4 is 11.8 Å². The molecule has 0 unspecified atom stereocenters. The van der Waals surface area contributed by atoms with E-state index < -0.39 is 0 Å². The first kappa shape index (κ1) is 10.1. The predicted molar refractivity (Wildman–Crippen MR) is 54.8 cm³/mol. The molecule has 2 aliphatic rings. The molecule has 0 aliphatic heterocycles. The molecule has 0 saturated heterocycles. The van der Waals surface area contributed by atoms with Crippen LogP contribution in [0.1, 0.15) is 20.3 Å². The van der Waals surface area contributed by atoms with E-state index in [1.807, 2.05) is 13.0 Å². The lowest BCUT2D eigenvalue weighted by molar-refractivity contribution is -0.135. The summed E-state index contributed by atoms with van der Waals surface area (Å²) in [6.45, 7) is 3.34. The number of carbonyl (C=O) groups is 2. The molecule has 15 heavy (non-hydrogen) atoms. The maximum atomic E-state index is 11.5. The normalized spacial score (nSPS) is 36.0. The molecule has 0 radical (unpaired) electrons. The van der Waals surface area contributed by atoms with E-state index in [4.69, 9.17) is 4.74 Å². The number of hydrogen-bond donors (Lipinski definition) is 0. The van der Waals surface area contributed by atoms with Crippen LogP contribution in [0.4, 0.5) is 0 Å². The lowest BCUT2D eigenvalue weighted by Gasteiger charge is -2.11. The molecule has 0 amide bonds. The zero-order valence-corrected chi connectivity index (χ0v) is 8.90. The molecule has 3 heteroatoms. The van der Waals surface area contributed by atoms with Crippen LogP contribution >= 0.6 is 0 Å². The SMILES string of the molecule is CC(=O)O/C=C1\C=C[C@H]2[C@H](C)C(=O)C[C@@H]12. The van der Waals surface area contributed by atoms with Crippen molar-refractivity contribution in [3.63, 3.8) is 0 Å². The fourth-order valence-electron chi connectivity index (χ4n) is 2.37. The monoisotopic (exact) mass is 206 g/mol. The Morgan fingerprint density at radius 2 is 2.33 bits per heavy atom. The van der Waals surface area contributed by atoms with Crippen LogP contribution in [-0.2, 0) is 14.3 Å². The summed E-state index contributed by atoms with van der Waals surface area (Å²) < 4.78 is 4.84. The minimum Gasteiger partial charge on any atom is -0.434 e. The van der Waals surface area contributed by atoms with Crippen LogP contribution < -0.4 is 0 Å². The minimum atomic E-state index is -0.322. The lowest BCUT2D eigenvalue weighted by atomic mass is 9.92. The summed E-state index contributed by atoms with van der Waals surface area (Å²) in [5, 5.41) is 0. The van der Waals surface area contributed by atoms with Gasteiger partial charge in [0.05, 0.1) is 6.26 Å². The zero-order valence-electron chi connectivity index (χ0n) is 8.90. The van der Waals surface area contributed by atoms with Crippen LogP contribution in [0.15, 0.2) is 24.0 Å². The van der Waals surface area contributed by atoms with Gasteiger partial charge in [0, 0.05) is 25.2 Å². The molecule has 1 fully saturated rings. The molecular weight excluding hydrogens is 192 g/mol. The van der Waals surface area contributed by atoms with Crippen molar-refractivity contribution in [1.29, 1.82) is 0 Å². The van der Waals surface area contributed by atoms with Gasteiger partial charge in [0.2, 0.25) is 0 Å². The van der Waals surface area contributed by atoms with E-state index in [1.165, 1.54) is 13.2 Å². The highest BCUT2D eigenvalue weighted by Crippen LogP contribution is 2.44. The smallest absolute Gasteiger partial charge is 0.307 e. The number of allylic oxidation sites excluding steroid dienone is 3. The van der Waals surface area contributed by atoms with Gasteiger partial charge in [-0.05, 0) is 11.5 Å². The van der Waals surface area contributed by atoms with Gasteiger partial charge < -0.3 is 4.74 Å². The van der Waals surface area contributed by atoms with Crippen LogP contribution in [0.25, 0.3) is 0 Å². The maximum absolute atomic E-state index is 11.5. The van der Waals surface area contributed by atoms with Gasteiger partial charge in [-0.3, -0.25) is 9.59 Å². The van der Waals surface area contributed by atoms with E-state index in [9.17, 15) is 9.59 Å². The molecule has 2 rings (SSSR count). The molecule has 0 heterocycles. The van der Waals surface area contributed by atoms with Crippen molar-refractivity contribution in [3.05, 3.63) is 24.0 Å². The average Bonchev–Trinajstić information content (AvgIpc) is 2.67. The molecule has 0 aromatic carbocycles. The first-order chi connectivity index (χ1) is 7.09. The third kappa shape index (κ3) is 1.74. The van der Waals surface area contributed by atoms with Crippen molar-refractivity contribution in [1.82, 2.24) is 0 Å². The minimum absolute atomic E-state index is 0.106. The Hall–Kier alpha value is -1.38. The van der Waals surface area contributed by atoms with Crippen LogP contribution in [-0.4, -0.2) is 11.8 Å². The number of carbonyl (C=O) groups excluding carboxylic acids is 2. The fourth-order valence-corrected chi connectivity index (χ4v) is 2.37. The summed E-state index contributed by atoms with van der Waals surface area (Å²) in [6.07, 6.45) is 6.07. The van der Waals surface area contributed by atoms with Crippen molar-refractivity contribution < 1.29 is 14.3 Å². The number of fused-ring (bicyclic) bond motifs is 1. The van der Waals surface area contributed by atoms with Crippen molar-refractivity contribution in [3.8, 4) is 0 Å². The number of esters is 1. The largest absolute Gasteiger partial charge is 0.434 e. The Labute approximate surface area is 88.8 Å². The van der Waals surface area contributed by atoms with E-state index in [0.717, 1.165) is 5.57 Å². The highest BCUT2D eigenvalue weighted by molar-refractivity contribution is 5.85. The molecule has 80 valence electrons. The Kier molecular flexibility index (Phi) is 2.47. The van der Waals surface area contributed by atoms with Gasteiger partial charge in [0.25, 0.3) is 0 Å². The molecule has 0 aromatic rings. The average molecular weight is 206 g/mol. The predicted octanol–water partition coefficient (Wildman–Crippen LogP) is 1.84. The third-order valence-electron chi connectivity index (χ3n) is 3.27. The summed E-state index contributed by atoms with van der Waals surface area (Å²) in [5.41, 5.74) is 0.966. The van der Waals surface area contributed by atoms with E-state index in [0.29, 0.717) is 18.1 Å². The van der Waals surface area contributed by atoms with E-state index in [2.05, 4.69) is 6.08 Å². The van der Waals surface area contributed by atoms with Crippen LogP contribution in [0.3, 0.4) is 0 Å². The molecule has 3 atom stereocenters. The molecule has 1 saturated carbocycles. The summed E-state index contributed by atoms with van der Waals surface area (Å²) in [4.78, 5) is 22.2. The van der Waals surface area contributed by atoms with Crippen molar-refractivity contribution in [2.24, 2.45) is 17.8 Å². The second kappa shape index (κ2) is 3.65. The number of ether oxygens (including phenoxy) is 1. The summed E-state index contributed by atoms with van der Waals surface area (Å²) in [6, 6.07) is 0. The Morgan fingerprint density at radius 1 is 1.60 bits per heavy atom. The van der Waals surface area contributed by atoms with E-state index >= 15 is 0 Å². The Morgan fingerprint density at radius 3 is 3.00 bits per heavy atom. The van der Waals surface area contributed by atoms with Gasteiger partial charge in [0.15, 0.2) is 0 Å². The van der Waals surface area contributed by atoms with Crippen molar-refractivity contribution in [2.75, 3.05) is 0 Å². The van der Waals surface area contributed by atoms with Crippen LogP contribution in [0.2, 0.25) is 0 Å². The summed E-state index contributed by atoms with van der Waals surface area (Å²) in [7, 11) is 0. The molecular formula is C12H14O3. The molecule has 0 bridgehead atoms. The van der Waals surface area contributed by atoms with Gasteiger partial charge in [0.1, 0.15) is 5.78 Å². The van der Waals surface area contributed by atoms with Crippen LogP contribution in [0.5, 0.6) is 0 Å². The molecule has 2 aliphatic carbocycles. The highest BCUT2D eigenvalue weighted by atomic mass is 16.5. The van der Waals surface area contributed by atoms with Gasteiger partial charge in [-0.15, -0.1) is 0 Å². The quantitative estimate of drug-likeness (QED) is 0.485. The second-order valence-electron chi connectivity index (χ2n) is 4.23. The molecule has 0 N–H and O–H groups in total. The van der Waals surface area contributed by atoms with Gasteiger partial charge in [-0.25, -0.2) is 0 Å². The number of ketones is 1. The third-order valence-corrected chi connectivity index (χ3v) is 3.27. The number of Topliss-reactive ketones (excluding diaryl/α,β-unsaturated/α-hetero) is 1. The zero-order chi connectivity index (χ0) is 11.0. The standard InChI is InChI=1S/C12H14O3/c1-7-10-4-3-9(6-15-8(2)13)11(10)5-12(7)14/h3-4,6-7,10-11H,5H2,1-2H3/b9-6+/t7-,10-,11-/m0/s1. The fraction of sp³-hybridized carbons (Fsp3) is 0.500.